The van der Waals surface area contributed by atoms with E-state index in [-0.39, 0.29) is 5.97 Å². The summed E-state index contributed by atoms with van der Waals surface area (Å²) < 4.78 is 4.89. The summed E-state index contributed by atoms with van der Waals surface area (Å²) in [4.78, 5) is 11.1. The Hall–Kier alpha value is -1.57. The number of carbonyl (C=O) groups excluding carboxylic acids is 1. The van der Waals surface area contributed by atoms with Gasteiger partial charge >= 0.3 is 5.97 Å². The monoisotopic (exact) mass is 318 g/mol. The van der Waals surface area contributed by atoms with Gasteiger partial charge in [-0.1, -0.05) is 62.5 Å². The molecule has 0 fully saturated rings. The summed E-state index contributed by atoms with van der Waals surface area (Å²) >= 11 is 0. The van der Waals surface area contributed by atoms with Crippen LogP contribution in [-0.4, -0.2) is 12.6 Å². The van der Waals surface area contributed by atoms with Crippen molar-refractivity contribution in [3.05, 3.63) is 48.6 Å². The Morgan fingerprint density at radius 2 is 1.43 bits per heavy atom. The van der Waals surface area contributed by atoms with Gasteiger partial charge in [-0.3, -0.25) is 4.79 Å². The third-order valence-electron chi connectivity index (χ3n) is 3.14. The largest absolute Gasteiger partial charge is 0.466 e. The maximum absolute atomic E-state index is 11.1. The number of ether oxygens (including phenoxy) is 1. The van der Waals surface area contributed by atoms with Crippen LogP contribution in [-0.2, 0) is 9.53 Å². The SMILES string of the molecule is CCOC(=O)CCCC/C=C\C/C=C\C/C=C\C/C=C\C(C)C. The van der Waals surface area contributed by atoms with Gasteiger partial charge < -0.3 is 4.74 Å². The van der Waals surface area contributed by atoms with E-state index in [1.807, 2.05) is 6.92 Å². The maximum atomic E-state index is 11.1. The molecule has 0 heterocycles. The molecule has 0 rings (SSSR count). The van der Waals surface area contributed by atoms with Crippen LogP contribution in [0.2, 0.25) is 0 Å². The van der Waals surface area contributed by atoms with E-state index in [1.165, 1.54) is 0 Å². The fraction of sp³-hybridized carbons (Fsp3) is 0.571. The molecule has 130 valence electrons. The molecule has 0 unspecified atom stereocenters. The van der Waals surface area contributed by atoms with Gasteiger partial charge in [0.25, 0.3) is 0 Å². The maximum Gasteiger partial charge on any atom is 0.305 e. The molecule has 0 aromatic carbocycles. The molecule has 0 radical (unpaired) electrons. The standard InChI is InChI=1S/C21H34O2/c1-4-23-21(22)19-17-15-13-11-9-7-5-6-8-10-12-14-16-18-20(2)3/h5-6,9-12,16,18,20H,4,7-8,13-15,17,19H2,1-3H3/b6-5-,11-9-,12-10-,18-16-. The lowest BCUT2D eigenvalue weighted by molar-refractivity contribution is -0.143. The van der Waals surface area contributed by atoms with Crippen molar-refractivity contribution < 1.29 is 9.53 Å². The first kappa shape index (κ1) is 21.4. The lowest BCUT2D eigenvalue weighted by atomic mass is 10.2. The predicted molar refractivity (Wildman–Crippen MR) is 100 cm³/mol. The van der Waals surface area contributed by atoms with Crippen molar-refractivity contribution in [2.45, 2.75) is 65.7 Å². The zero-order valence-corrected chi connectivity index (χ0v) is 15.2. The van der Waals surface area contributed by atoms with Crippen molar-refractivity contribution in [3.8, 4) is 0 Å². The first-order chi connectivity index (χ1) is 11.2. The Balaban J connectivity index is 3.45. The summed E-state index contributed by atoms with van der Waals surface area (Å²) in [5.74, 6) is 0.562. The van der Waals surface area contributed by atoms with E-state index in [4.69, 9.17) is 4.74 Å². The second kappa shape index (κ2) is 16.8. The van der Waals surface area contributed by atoms with Crippen LogP contribution in [0.5, 0.6) is 0 Å². The lowest BCUT2D eigenvalue weighted by Gasteiger charge is -1.99. The summed E-state index contributed by atoms with van der Waals surface area (Å²) in [5, 5.41) is 0. The highest BCUT2D eigenvalue weighted by Crippen LogP contribution is 2.03. The van der Waals surface area contributed by atoms with E-state index in [0.717, 1.165) is 38.5 Å². The van der Waals surface area contributed by atoms with Crippen molar-refractivity contribution in [1.82, 2.24) is 0 Å². The Kier molecular flexibility index (Phi) is 15.6. The number of rotatable bonds is 13. The summed E-state index contributed by atoms with van der Waals surface area (Å²) in [7, 11) is 0. The molecule has 0 saturated heterocycles. The van der Waals surface area contributed by atoms with Crippen molar-refractivity contribution in [3.63, 3.8) is 0 Å². The third-order valence-corrected chi connectivity index (χ3v) is 3.14. The molecule has 0 aliphatic carbocycles. The molecule has 23 heavy (non-hydrogen) atoms. The van der Waals surface area contributed by atoms with E-state index in [2.05, 4.69) is 62.5 Å². The number of esters is 1. The molecular weight excluding hydrogens is 284 g/mol. The summed E-state index contributed by atoms with van der Waals surface area (Å²) in [6.07, 6.45) is 24.2. The van der Waals surface area contributed by atoms with E-state index in [1.54, 1.807) is 0 Å². The molecule has 0 aliphatic rings. The fourth-order valence-corrected chi connectivity index (χ4v) is 1.95. The van der Waals surface area contributed by atoms with E-state index < -0.39 is 0 Å². The van der Waals surface area contributed by atoms with E-state index >= 15 is 0 Å². The zero-order valence-electron chi connectivity index (χ0n) is 15.2. The lowest BCUT2D eigenvalue weighted by Crippen LogP contribution is -2.02. The highest BCUT2D eigenvalue weighted by molar-refractivity contribution is 5.69. The summed E-state index contributed by atoms with van der Waals surface area (Å²) in [6, 6.07) is 0. The average Bonchev–Trinajstić information content (AvgIpc) is 2.51. The minimum Gasteiger partial charge on any atom is -0.466 e. The molecule has 0 bridgehead atoms. The van der Waals surface area contributed by atoms with Gasteiger partial charge in [-0.25, -0.2) is 0 Å². The van der Waals surface area contributed by atoms with Crippen LogP contribution in [0.3, 0.4) is 0 Å². The number of hydrogen-bond acceptors (Lipinski definition) is 2. The molecule has 0 saturated carbocycles. The van der Waals surface area contributed by atoms with Gasteiger partial charge in [-0.05, 0) is 51.4 Å². The number of unbranched alkanes of at least 4 members (excludes halogenated alkanes) is 2. The molecular formula is C21H34O2. The summed E-state index contributed by atoms with van der Waals surface area (Å²) in [5.41, 5.74) is 0. The van der Waals surface area contributed by atoms with Crippen LogP contribution in [0.4, 0.5) is 0 Å². The Bertz CT molecular complexity index is 387. The molecule has 0 aliphatic heterocycles. The first-order valence-electron chi connectivity index (χ1n) is 8.94. The van der Waals surface area contributed by atoms with Gasteiger partial charge in [0.05, 0.1) is 6.61 Å². The first-order valence-corrected chi connectivity index (χ1v) is 8.94. The van der Waals surface area contributed by atoms with Gasteiger partial charge in [0, 0.05) is 6.42 Å². The van der Waals surface area contributed by atoms with Gasteiger partial charge in [0.2, 0.25) is 0 Å². The zero-order chi connectivity index (χ0) is 17.2. The normalized spacial score (nSPS) is 12.5. The van der Waals surface area contributed by atoms with Crippen LogP contribution < -0.4 is 0 Å². The molecule has 2 nitrogen and oxygen atoms in total. The van der Waals surface area contributed by atoms with Gasteiger partial charge in [-0.15, -0.1) is 0 Å². The molecule has 0 amide bonds. The van der Waals surface area contributed by atoms with Crippen molar-refractivity contribution in [2.75, 3.05) is 6.61 Å². The van der Waals surface area contributed by atoms with Crippen LogP contribution in [0.1, 0.15) is 65.7 Å². The molecule has 2 heteroatoms. The predicted octanol–water partition coefficient (Wildman–Crippen LogP) is 6.16. The fourth-order valence-electron chi connectivity index (χ4n) is 1.95. The number of hydrogen-bond donors (Lipinski definition) is 0. The quantitative estimate of drug-likeness (QED) is 0.231. The minimum atomic E-state index is -0.0767. The molecule has 0 aromatic rings. The highest BCUT2D eigenvalue weighted by atomic mass is 16.5. The van der Waals surface area contributed by atoms with Gasteiger partial charge in [0.1, 0.15) is 0 Å². The minimum absolute atomic E-state index is 0.0767. The van der Waals surface area contributed by atoms with Crippen LogP contribution in [0.15, 0.2) is 48.6 Å². The number of allylic oxidation sites excluding steroid dienone is 8. The molecule has 0 aromatic heterocycles. The Morgan fingerprint density at radius 1 is 0.870 bits per heavy atom. The van der Waals surface area contributed by atoms with Crippen molar-refractivity contribution in [2.24, 2.45) is 5.92 Å². The molecule has 0 spiro atoms. The second-order valence-corrected chi connectivity index (χ2v) is 5.84. The van der Waals surface area contributed by atoms with Crippen molar-refractivity contribution >= 4 is 5.97 Å². The molecule has 0 N–H and O–H groups in total. The van der Waals surface area contributed by atoms with Crippen LogP contribution in [0.25, 0.3) is 0 Å². The Labute approximate surface area is 143 Å². The average molecular weight is 319 g/mol. The van der Waals surface area contributed by atoms with Crippen LogP contribution in [0, 0.1) is 5.92 Å². The highest BCUT2D eigenvalue weighted by Gasteiger charge is 1.99. The van der Waals surface area contributed by atoms with Gasteiger partial charge in [0.15, 0.2) is 0 Å². The molecule has 0 atom stereocenters. The van der Waals surface area contributed by atoms with E-state index in [9.17, 15) is 4.79 Å². The van der Waals surface area contributed by atoms with E-state index in [0.29, 0.717) is 18.9 Å². The van der Waals surface area contributed by atoms with Crippen LogP contribution >= 0.6 is 0 Å². The third kappa shape index (κ3) is 18.4. The summed E-state index contributed by atoms with van der Waals surface area (Å²) in [6.45, 7) is 6.70. The number of carbonyl (C=O) groups is 1. The topological polar surface area (TPSA) is 26.3 Å². The second-order valence-electron chi connectivity index (χ2n) is 5.84. The smallest absolute Gasteiger partial charge is 0.305 e. The van der Waals surface area contributed by atoms with Gasteiger partial charge in [-0.2, -0.15) is 0 Å². The van der Waals surface area contributed by atoms with Crippen molar-refractivity contribution in [1.29, 1.82) is 0 Å². The Morgan fingerprint density at radius 3 is 2.00 bits per heavy atom.